The zero-order chi connectivity index (χ0) is 13.4. The van der Waals surface area contributed by atoms with Crippen molar-refractivity contribution >= 4 is 17.7 Å². The standard InChI is InChI=1S/C11H11N3O4/c1-5-8(10(17)18-3)6(2)14-4-7(9(15)16)13-11(14)12-5/h4H,1-3H3,(H,15,16). The van der Waals surface area contributed by atoms with Crippen LogP contribution < -0.4 is 0 Å². The Bertz CT molecular complexity index is 660. The molecule has 0 saturated carbocycles. The molecule has 0 amide bonds. The van der Waals surface area contributed by atoms with Crippen molar-refractivity contribution in [2.75, 3.05) is 7.11 Å². The fourth-order valence-electron chi connectivity index (χ4n) is 1.78. The summed E-state index contributed by atoms with van der Waals surface area (Å²) in [4.78, 5) is 30.4. The molecule has 1 N–H and O–H groups in total. The lowest BCUT2D eigenvalue weighted by atomic mass is 10.2. The molecular weight excluding hydrogens is 238 g/mol. The molecule has 0 spiro atoms. The lowest BCUT2D eigenvalue weighted by Gasteiger charge is -2.08. The monoisotopic (exact) mass is 249 g/mol. The highest BCUT2D eigenvalue weighted by molar-refractivity contribution is 5.92. The van der Waals surface area contributed by atoms with Crippen molar-refractivity contribution in [3.05, 3.63) is 28.8 Å². The number of hydrogen-bond donors (Lipinski definition) is 1. The van der Waals surface area contributed by atoms with Crippen LogP contribution in [0.15, 0.2) is 6.20 Å². The third kappa shape index (κ3) is 1.69. The predicted octanol–water partition coefficient (Wildman–Crippen LogP) is 0.831. The number of aryl methyl sites for hydroxylation is 2. The first kappa shape index (κ1) is 12.0. The highest BCUT2D eigenvalue weighted by Crippen LogP contribution is 2.16. The molecule has 0 atom stereocenters. The van der Waals surface area contributed by atoms with Gasteiger partial charge in [0, 0.05) is 11.9 Å². The molecule has 2 heterocycles. The van der Waals surface area contributed by atoms with Gasteiger partial charge in [0.15, 0.2) is 5.69 Å². The number of aromatic carboxylic acids is 1. The number of hydrogen-bond acceptors (Lipinski definition) is 5. The summed E-state index contributed by atoms with van der Waals surface area (Å²) < 4.78 is 6.13. The Morgan fingerprint density at radius 2 is 2.00 bits per heavy atom. The molecule has 0 bridgehead atoms. The largest absolute Gasteiger partial charge is 0.476 e. The van der Waals surface area contributed by atoms with Crippen LogP contribution in [0.3, 0.4) is 0 Å². The van der Waals surface area contributed by atoms with E-state index in [0.717, 1.165) is 0 Å². The molecule has 7 nitrogen and oxygen atoms in total. The van der Waals surface area contributed by atoms with Gasteiger partial charge >= 0.3 is 11.9 Å². The van der Waals surface area contributed by atoms with Gasteiger partial charge in [0.05, 0.1) is 12.8 Å². The molecule has 0 aliphatic carbocycles. The predicted molar refractivity (Wildman–Crippen MR) is 60.8 cm³/mol. The van der Waals surface area contributed by atoms with E-state index in [-0.39, 0.29) is 11.5 Å². The number of ether oxygens (including phenoxy) is 1. The molecule has 18 heavy (non-hydrogen) atoms. The molecule has 2 rings (SSSR count). The number of fused-ring (bicyclic) bond motifs is 1. The SMILES string of the molecule is COC(=O)c1c(C)nc2nc(C(=O)O)cn2c1C. The maximum Gasteiger partial charge on any atom is 0.356 e. The molecule has 0 fully saturated rings. The van der Waals surface area contributed by atoms with Gasteiger partial charge < -0.3 is 9.84 Å². The minimum Gasteiger partial charge on any atom is -0.476 e. The van der Waals surface area contributed by atoms with Gasteiger partial charge in [-0.05, 0) is 13.8 Å². The third-order valence-corrected chi connectivity index (χ3v) is 2.65. The molecular formula is C11H11N3O4. The molecule has 2 aromatic heterocycles. The summed E-state index contributed by atoms with van der Waals surface area (Å²) in [5, 5.41) is 8.88. The second-order valence-electron chi connectivity index (χ2n) is 3.75. The van der Waals surface area contributed by atoms with Crippen LogP contribution in [0.1, 0.15) is 32.2 Å². The Balaban J connectivity index is 2.76. The number of rotatable bonds is 2. The van der Waals surface area contributed by atoms with Gasteiger partial charge in [0.1, 0.15) is 5.56 Å². The Morgan fingerprint density at radius 1 is 1.33 bits per heavy atom. The van der Waals surface area contributed by atoms with Gasteiger partial charge in [-0.2, -0.15) is 0 Å². The van der Waals surface area contributed by atoms with Gasteiger partial charge in [0.25, 0.3) is 0 Å². The Hall–Kier alpha value is -2.44. The number of carbonyl (C=O) groups is 2. The fraction of sp³-hybridized carbons (Fsp3) is 0.273. The average molecular weight is 249 g/mol. The minimum atomic E-state index is -1.14. The highest BCUT2D eigenvalue weighted by Gasteiger charge is 2.19. The lowest BCUT2D eigenvalue weighted by Crippen LogP contribution is -2.11. The van der Waals surface area contributed by atoms with Crippen molar-refractivity contribution in [3.63, 3.8) is 0 Å². The van der Waals surface area contributed by atoms with Crippen molar-refractivity contribution in [2.45, 2.75) is 13.8 Å². The number of carboxylic acid groups (broad SMARTS) is 1. The van der Waals surface area contributed by atoms with Crippen molar-refractivity contribution in [1.82, 2.24) is 14.4 Å². The van der Waals surface area contributed by atoms with Gasteiger partial charge in [-0.15, -0.1) is 0 Å². The summed E-state index contributed by atoms with van der Waals surface area (Å²) in [7, 11) is 1.28. The first-order chi connectivity index (χ1) is 8.45. The number of carbonyl (C=O) groups excluding carboxylic acids is 1. The zero-order valence-electron chi connectivity index (χ0n) is 10.1. The summed E-state index contributed by atoms with van der Waals surface area (Å²) >= 11 is 0. The normalized spacial score (nSPS) is 10.6. The Morgan fingerprint density at radius 3 is 2.56 bits per heavy atom. The molecule has 7 heteroatoms. The van der Waals surface area contributed by atoms with E-state index in [2.05, 4.69) is 14.7 Å². The number of nitrogens with zero attached hydrogens (tertiary/aromatic N) is 3. The molecule has 0 unspecified atom stereocenters. The third-order valence-electron chi connectivity index (χ3n) is 2.65. The van der Waals surface area contributed by atoms with Crippen LogP contribution in [0, 0.1) is 13.8 Å². The lowest BCUT2D eigenvalue weighted by molar-refractivity contribution is 0.0597. The van der Waals surface area contributed by atoms with Gasteiger partial charge in [-0.3, -0.25) is 4.40 Å². The summed E-state index contributed by atoms with van der Waals surface area (Å²) in [5.41, 5.74) is 1.20. The van der Waals surface area contributed by atoms with Crippen LogP contribution in [0.4, 0.5) is 0 Å². The number of esters is 1. The number of methoxy groups -OCH3 is 1. The van der Waals surface area contributed by atoms with E-state index in [0.29, 0.717) is 17.0 Å². The summed E-state index contributed by atoms with van der Waals surface area (Å²) in [5.74, 6) is -1.41. The summed E-state index contributed by atoms with van der Waals surface area (Å²) in [6.07, 6.45) is 1.33. The average Bonchev–Trinajstić information content (AvgIpc) is 2.72. The topological polar surface area (TPSA) is 93.8 Å². The van der Waals surface area contributed by atoms with Crippen molar-refractivity contribution in [1.29, 1.82) is 0 Å². The molecule has 94 valence electrons. The molecule has 0 aliphatic rings. The second-order valence-corrected chi connectivity index (χ2v) is 3.75. The van der Waals surface area contributed by atoms with Crippen LogP contribution in [0.2, 0.25) is 0 Å². The molecule has 0 aromatic carbocycles. The van der Waals surface area contributed by atoms with Crippen molar-refractivity contribution < 1.29 is 19.4 Å². The summed E-state index contributed by atoms with van der Waals surface area (Å²) in [6, 6.07) is 0. The van der Waals surface area contributed by atoms with Gasteiger partial charge in [-0.25, -0.2) is 19.6 Å². The highest BCUT2D eigenvalue weighted by atomic mass is 16.5. The van der Waals surface area contributed by atoms with E-state index in [1.165, 1.54) is 17.7 Å². The van der Waals surface area contributed by atoms with E-state index in [9.17, 15) is 9.59 Å². The molecule has 0 aliphatic heterocycles. The smallest absolute Gasteiger partial charge is 0.356 e. The quantitative estimate of drug-likeness (QED) is 0.792. The van der Waals surface area contributed by atoms with E-state index in [1.807, 2.05) is 0 Å². The maximum atomic E-state index is 11.6. The molecule has 0 saturated heterocycles. The minimum absolute atomic E-state index is 0.119. The number of carboxylic acids is 1. The zero-order valence-corrected chi connectivity index (χ0v) is 10.1. The second kappa shape index (κ2) is 4.10. The Kier molecular flexibility index (Phi) is 2.74. The van der Waals surface area contributed by atoms with E-state index < -0.39 is 11.9 Å². The van der Waals surface area contributed by atoms with Crippen molar-refractivity contribution in [2.24, 2.45) is 0 Å². The van der Waals surface area contributed by atoms with Crippen LogP contribution in [0.5, 0.6) is 0 Å². The van der Waals surface area contributed by atoms with Crippen LogP contribution in [-0.4, -0.2) is 38.5 Å². The van der Waals surface area contributed by atoms with Gasteiger partial charge in [-0.1, -0.05) is 0 Å². The molecule has 2 aromatic rings. The maximum absolute atomic E-state index is 11.6. The van der Waals surface area contributed by atoms with Crippen LogP contribution in [0.25, 0.3) is 5.78 Å². The van der Waals surface area contributed by atoms with E-state index in [1.54, 1.807) is 13.8 Å². The van der Waals surface area contributed by atoms with Crippen molar-refractivity contribution in [3.8, 4) is 0 Å². The van der Waals surface area contributed by atoms with Gasteiger partial charge in [0.2, 0.25) is 5.78 Å². The number of imidazole rings is 1. The Labute approximate surface area is 102 Å². The first-order valence-corrected chi connectivity index (χ1v) is 5.13. The van der Waals surface area contributed by atoms with E-state index in [4.69, 9.17) is 5.11 Å². The molecule has 0 radical (unpaired) electrons. The van der Waals surface area contributed by atoms with Crippen LogP contribution in [-0.2, 0) is 4.74 Å². The fourth-order valence-corrected chi connectivity index (χ4v) is 1.78. The first-order valence-electron chi connectivity index (χ1n) is 5.13. The van der Waals surface area contributed by atoms with Crippen LogP contribution >= 0.6 is 0 Å². The number of aromatic nitrogens is 3. The van der Waals surface area contributed by atoms with E-state index >= 15 is 0 Å². The summed E-state index contributed by atoms with van der Waals surface area (Å²) in [6.45, 7) is 3.33.